The molecule has 1 aromatic carbocycles. The summed E-state index contributed by atoms with van der Waals surface area (Å²) in [5, 5.41) is 0. The van der Waals surface area contributed by atoms with Gasteiger partial charge in [-0.15, -0.1) is 0 Å². The summed E-state index contributed by atoms with van der Waals surface area (Å²) < 4.78 is 10.6. The Hall–Kier alpha value is -1.51. The Morgan fingerprint density at radius 2 is 2.28 bits per heavy atom. The maximum atomic E-state index is 12.3. The molecule has 0 N–H and O–H groups in total. The zero-order chi connectivity index (χ0) is 12.6. The predicted molar refractivity (Wildman–Crippen MR) is 67.6 cm³/mol. The number of benzene rings is 1. The van der Waals surface area contributed by atoms with Crippen LogP contribution in [-0.4, -0.2) is 19.7 Å². The second kappa shape index (κ2) is 4.30. The molecular weight excluding hydrogens is 228 g/mol. The second-order valence-corrected chi connectivity index (χ2v) is 5.24. The molecule has 2 fully saturated rings. The highest BCUT2D eigenvalue weighted by atomic mass is 16.5. The van der Waals surface area contributed by atoms with E-state index >= 15 is 0 Å². The van der Waals surface area contributed by atoms with Gasteiger partial charge in [0.15, 0.2) is 0 Å². The van der Waals surface area contributed by atoms with Crippen LogP contribution in [0.25, 0.3) is 0 Å². The minimum atomic E-state index is -0.410. The highest BCUT2D eigenvalue weighted by Gasteiger charge is 2.54. The molecule has 1 aliphatic heterocycles. The van der Waals surface area contributed by atoms with E-state index < -0.39 is 5.41 Å². The molecule has 1 aliphatic carbocycles. The maximum Gasteiger partial charge on any atom is 0.316 e. The molecule has 0 unspecified atom stereocenters. The second-order valence-electron chi connectivity index (χ2n) is 5.24. The van der Waals surface area contributed by atoms with Crippen molar-refractivity contribution >= 4 is 5.97 Å². The molecule has 96 valence electrons. The van der Waals surface area contributed by atoms with Crippen LogP contribution in [0, 0.1) is 5.92 Å². The third-order valence-corrected chi connectivity index (χ3v) is 4.44. The van der Waals surface area contributed by atoms with Crippen LogP contribution in [0.5, 0.6) is 5.75 Å². The molecule has 0 amide bonds. The summed E-state index contributed by atoms with van der Waals surface area (Å²) in [5.41, 5.74) is 0.654. The van der Waals surface area contributed by atoms with Gasteiger partial charge in [0, 0.05) is 5.92 Å². The van der Waals surface area contributed by atoms with Crippen molar-refractivity contribution in [1.82, 2.24) is 0 Å². The Morgan fingerprint density at radius 3 is 3.11 bits per heavy atom. The Labute approximate surface area is 107 Å². The molecule has 0 radical (unpaired) electrons. The summed E-state index contributed by atoms with van der Waals surface area (Å²) >= 11 is 0. The molecule has 0 bridgehead atoms. The predicted octanol–water partition coefficient (Wildman–Crippen LogP) is 2.68. The fourth-order valence-electron chi connectivity index (χ4n) is 3.44. The number of rotatable bonds is 2. The molecular formula is C15H18O3. The van der Waals surface area contributed by atoms with Crippen molar-refractivity contribution in [2.45, 2.75) is 31.1 Å². The van der Waals surface area contributed by atoms with Gasteiger partial charge < -0.3 is 9.47 Å². The summed E-state index contributed by atoms with van der Waals surface area (Å²) in [5.74, 6) is 1.11. The summed E-state index contributed by atoms with van der Waals surface area (Å²) in [6.07, 6.45) is 4.29. The Bertz CT molecular complexity index is 469. The van der Waals surface area contributed by atoms with E-state index in [1.807, 2.05) is 24.3 Å². The van der Waals surface area contributed by atoms with Crippen molar-refractivity contribution in [1.29, 1.82) is 0 Å². The minimum Gasteiger partial charge on any atom is -0.497 e. The molecule has 1 saturated heterocycles. The first kappa shape index (κ1) is 11.6. The van der Waals surface area contributed by atoms with E-state index in [0.717, 1.165) is 30.6 Å². The Balaban J connectivity index is 2.07. The van der Waals surface area contributed by atoms with Gasteiger partial charge in [0.2, 0.25) is 0 Å². The number of hydrogen-bond donors (Lipinski definition) is 0. The van der Waals surface area contributed by atoms with E-state index in [1.165, 1.54) is 6.42 Å². The molecule has 1 aromatic rings. The quantitative estimate of drug-likeness (QED) is 0.753. The number of carbonyl (C=O) groups is 1. The fourth-order valence-corrected chi connectivity index (χ4v) is 3.44. The van der Waals surface area contributed by atoms with E-state index in [1.54, 1.807) is 7.11 Å². The summed E-state index contributed by atoms with van der Waals surface area (Å²) in [4.78, 5) is 12.3. The van der Waals surface area contributed by atoms with Crippen LogP contribution in [0.4, 0.5) is 0 Å². The smallest absolute Gasteiger partial charge is 0.316 e. The van der Waals surface area contributed by atoms with Gasteiger partial charge in [0.1, 0.15) is 5.75 Å². The fraction of sp³-hybridized carbons (Fsp3) is 0.533. The highest BCUT2D eigenvalue weighted by molar-refractivity contribution is 5.86. The SMILES string of the molecule is COc1cccc([C@]23CCCC[C@H]2COC3=O)c1. The third-order valence-electron chi connectivity index (χ3n) is 4.44. The van der Waals surface area contributed by atoms with Crippen molar-refractivity contribution in [3.8, 4) is 5.75 Å². The van der Waals surface area contributed by atoms with Crippen LogP contribution < -0.4 is 4.74 Å². The molecule has 1 heterocycles. The molecule has 18 heavy (non-hydrogen) atoms. The largest absolute Gasteiger partial charge is 0.497 e. The van der Waals surface area contributed by atoms with Crippen molar-refractivity contribution in [2.24, 2.45) is 5.92 Å². The van der Waals surface area contributed by atoms with E-state index in [9.17, 15) is 4.79 Å². The van der Waals surface area contributed by atoms with Crippen molar-refractivity contribution in [3.05, 3.63) is 29.8 Å². The monoisotopic (exact) mass is 246 g/mol. The molecule has 3 nitrogen and oxygen atoms in total. The lowest BCUT2D eigenvalue weighted by molar-refractivity contribution is -0.143. The Kier molecular flexibility index (Phi) is 2.77. The van der Waals surface area contributed by atoms with E-state index in [0.29, 0.717) is 12.5 Å². The molecule has 2 aliphatic rings. The van der Waals surface area contributed by atoms with Crippen molar-refractivity contribution < 1.29 is 14.3 Å². The van der Waals surface area contributed by atoms with Crippen LogP contribution >= 0.6 is 0 Å². The molecule has 1 saturated carbocycles. The van der Waals surface area contributed by atoms with Crippen molar-refractivity contribution in [2.75, 3.05) is 13.7 Å². The van der Waals surface area contributed by atoms with Crippen molar-refractivity contribution in [3.63, 3.8) is 0 Å². The van der Waals surface area contributed by atoms with Gasteiger partial charge in [-0.05, 0) is 30.5 Å². The molecule has 0 spiro atoms. The standard InChI is InChI=1S/C15H18O3/c1-17-13-7-4-6-11(9-13)15-8-3-2-5-12(15)10-18-14(15)16/h4,6-7,9,12H,2-3,5,8,10H2,1H3/t12-,15+/m0/s1. The zero-order valence-corrected chi connectivity index (χ0v) is 10.6. The zero-order valence-electron chi connectivity index (χ0n) is 10.6. The summed E-state index contributed by atoms with van der Waals surface area (Å²) in [7, 11) is 1.65. The molecule has 3 rings (SSSR count). The normalized spacial score (nSPS) is 30.7. The first-order chi connectivity index (χ1) is 8.77. The number of carbonyl (C=O) groups excluding carboxylic acids is 1. The van der Waals surface area contributed by atoms with Gasteiger partial charge in [0.05, 0.1) is 19.1 Å². The van der Waals surface area contributed by atoms with Crippen LogP contribution in [0.2, 0.25) is 0 Å². The van der Waals surface area contributed by atoms with Gasteiger partial charge in [0.25, 0.3) is 0 Å². The number of fused-ring (bicyclic) bond motifs is 1. The number of methoxy groups -OCH3 is 1. The maximum absolute atomic E-state index is 12.3. The first-order valence-electron chi connectivity index (χ1n) is 6.59. The number of esters is 1. The van der Waals surface area contributed by atoms with E-state index in [2.05, 4.69) is 0 Å². The average Bonchev–Trinajstić information content (AvgIpc) is 2.78. The topological polar surface area (TPSA) is 35.5 Å². The van der Waals surface area contributed by atoms with Gasteiger partial charge in [-0.25, -0.2) is 0 Å². The first-order valence-corrected chi connectivity index (χ1v) is 6.59. The van der Waals surface area contributed by atoms with Gasteiger partial charge in [-0.2, -0.15) is 0 Å². The van der Waals surface area contributed by atoms with E-state index in [4.69, 9.17) is 9.47 Å². The lowest BCUT2D eigenvalue weighted by Gasteiger charge is -2.35. The summed E-state index contributed by atoms with van der Waals surface area (Å²) in [6.45, 7) is 0.579. The average molecular weight is 246 g/mol. The third kappa shape index (κ3) is 1.53. The van der Waals surface area contributed by atoms with Gasteiger partial charge in [-0.1, -0.05) is 25.0 Å². The van der Waals surface area contributed by atoms with Crippen LogP contribution in [0.1, 0.15) is 31.2 Å². The van der Waals surface area contributed by atoms with E-state index in [-0.39, 0.29) is 5.97 Å². The number of hydrogen-bond acceptors (Lipinski definition) is 3. The molecule has 2 atom stereocenters. The van der Waals surface area contributed by atoms with Crippen LogP contribution in [-0.2, 0) is 14.9 Å². The molecule has 0 aromatic heterocycles. The Morgan fingerprint density at radius 1 is 1.39 bits per heavy atom. The minimum absolute atomic E-state index is 0.0412. The number of ether oxygens (including phenoxy) is 2. The highest BCUT2D eigenvalue weighted by Crippen LogP contribution is 2.49. The summed E-state index contributed by atoms with van der Waals surface area (Å²) in [6, 6.07) is 7.90. The van der Waals surface area contributed by atoms with Crippen LogP contribution in [0.3, 0.4) is 0 Å². The number of cyclic esters (lactones) is 1. The van der Waals surface area contributed by atoms with Crippen LogP contribution in [0.15, 0.2) is 24.3 Å². The molecule has 3 heteroatoms. The van der Waals surface area contributed by atoms with Gasteiger partial charge in [-0.3, -0.25) is 4.79 Å². The lowest BCUT2D eigenvalue weighted by atomic mass is 9.64. The van der Waals surface area contributed by atoms with Gasteiger partial charge >= 0.3 is 5.97 Å². The lowest BCUT2D eigenvalue weighted by Crippen LogP contribution is -2.40.